The largest absolute Gasteiger partial charge is 0.497 e. The summed E-state index contributed by atoms with van der Waals surface area (Å²) in [6, 6.07) is 19.7. The number of hydrogen-bond donors (Lipinski definition) is 1. The monoisotopic (exact) mass is 446 g/mol. The highest BCUT2D eigenvalue weighted by molar-refractivity contribution is 5.99. The van der Waals surface area contributed by atoms with Crippen molar-refractivity contribution in [2.75, 3.05) is 26.6 Å². The maximum Gasteiger partial charge on any atom is 0.255 e. The van der Waals surface area contributed by atoms with Gasteiger partial charge < -0.3 is 24.4 Å². The number of amides is 2. The molecule has 0 saturated heterocycles. The van der Waals surface area contributed by atoms with Gasteiger partial charge in [0.1, 0.15) is 5.75 Å². The van der Waals surface area contributed by atoms with Crippen molar-refractivity contribution in [1.82, 2.24) is 4.90 Å². The summed E-state index contributed by atoms with van der Waals surface area (Å²) in [5, 5.41) is 2.91. The molecular formula is C26H26N2O5. The van der Waals surface area contributed by atoms with Gasteiger partial charge in [-0.05, 0) is 41.5 Å². The number of fused-ring (bicyclic) bond motifs is 1. The van der Waals surface area contributed by atoms with Gasteiger partial charge in [-0.25, -0.2) is 0 Å². The van der Waals surface area contributed by atoms with Crippen molar-refractivity contribution in [3.05, 3.63) is 83.4 Å². The standard InChI is InChI=1S/C26H26N2O5/c1-31-20-9-6-8-19(14-20)27-25(29)15-22(17-11-12-23(32-2)24(13-17)33-3)28-16-18-7-4-5-10-21(18)26(28)30/h4-14,22H,15-16H2,1-3H3,(H,27,29)/t22-/m1/s1. The van der Waals surface area contributed by atoms with Gasteiger partial charge in [-0.1, -0.05) is 30.3 Å². The van der Waals surface area contributed by atoms with E-state index in [1.165, 1.54) is 0 Å². The van der Waals surface area contributed by atoms with Gasteiger partial charge in [-0.2, -0.15) is 0 Å². The fraction of sp³-hybridized carbons (Fsp3) is 0.231. The maximum atomic E-state index is 13.2. The third kappa shape index (κ3) is 4.62. The molecule has 7 heteroatoms. The van der Waals surface area contributed by atoms with Gasteiger partial charge in [0.05, 0.1) is 33.8 Å². The minimum Gasteiger partial charge on any atom is -0.497 e. The first-order valence-electron chi connectivity index (χ1n) is 10.6. The summed E-state index contributed by atoms with van der Waals surface area (Å²) >= 11 is 0. The second-order valence-electron chi connectivity index (χ2n) is 7.70. The highest BCUT2D eigenvalue weighted by Gasteiger charge is 2.34. The van der Waals surface area contributed by atoms with Crippen molar-refractivity contribution < 1.29 is 23.8 Å². The minimum atomic E-state index is -0.490. The molecule has 4 rings (SSSR count). The predicted molar refractivity (Wildman–Crippen MR) is 125 cm³/mol. The molecule has 0 fully saturated rings. The average molecular weight is 447 g/mol. The molecular weight excluding hydrogens is 420 g/mol. The van der Waals surface area contributed by atoms with Crippen LogP contribution in [0.15, 0.2) is 66.7 Å². The third-order valence-electron chi connectivity index (χ3n) is 5.75. The second-order valence-corrected chi connectivity index (χ2v) is 7.70. The molecule has 3 aromatic rings. The van der Waals surface area contributed by atoms with Gasteiger partial charge in [0.25, 0.3) is 5.91 Å². The molecule has 0 aromatic heterocycles. The van der Waals surface area contributed by atoms with Crippen molar-refractivity contribution in [3.8, 4) is 17.2 Å². The van der Waals surface area contributed by atoms with Crippen molar-refractivity contribution in [1.29, 1.82) is 0 Å². The van der Waals surface area contributed by atoms with Crippen LogP contribution in [0.5, 0.6) is 17.2 Å². The van der Waals surface area contributed by atoms with Gasteiger partial charge >= 0.3 is 0 Å². The van der Waals surface area contributed by atoms with Crippen LogP contribution in [-0.4, -0.2) is 38.0 Å². The van der Waals surface area contributed by atoms with E-state index in [9.17, 15) is 9.59 Å². The summed E-state index contributed by atoms with van der Waals surface area (Å²) in [6.45, 7) is 0.431. The Labute approximate surface area is 192 Å². The highest BCUT2D eigenvalue weighted by atomic mass is 16.5. The van der Waals surface area contributed by atoms with Crippen LogP contribution in [0.2, 0.25) is 0 Å². The first-order chi connectivity index (χ1) is 16.0. The molecule has 170 valence electrons. The van der Waals surface area contributed by atoms with E-state index in [0.717, 1.165) is 11.1 Å². The number of hydrogen-bond acceptors (Lipinski definition) is 5. The second kappa shape index (κ2) is 9.65. The summed E-state index contributed by atoms with van der Waals surface area (Å²) in [6.07, 6.45) is 0.0758. The average Bonchev–Trinajstić information content (AvgIpc) is 3.18. The van der Waals surface area contributed by atoms with E-state index < -0.39 is 6.04 Å². The molecule has 0 aliphatic carbocycles. The summed E-state index contributed by atoms with van der Waals surface area (Å²) < 4.78 is 16.1. The number of rotatable bonds is 8. The van der Waals surface area contributed by atoms with Crippen LogP contribution in [0.4, 0.5) is 5.69 Å². The molecule has 0 spiro atoms. The number of nitrogens with one attached hydrogen (secondary N) is 1. The van der Waals surface area contributed by atoms with Crippen LogP contribution in [0.25, 0.3) is 0 Å². The fourth-order valence-corrected chi connectivity index (χ4v) is 4.09. The molecule has 1 aliphatic heterocycles. The Morgan fingerprint density at radius 3 is 2.45 bits per heavy atom. The zero-order valence-corrected chi connectivity index (χ0v) is 18.8. The van der Waals surface area contributed by atoms with Gasteiger partial charge in [-0.15, -0.1) is 0 Å². The molecule has 0 saturated carbocycles. The number of carbonyl (C=O) groups excluding carboxylic acids is 2. The first-order valence-corrected chi connectivity index (χ1v) is 10.6. The number of carbonyl (C=O) groups is 2. The van der Waals surface area contributed by atoms with Crippen molar-refractivity contribution >= 4 is 17.5 Å². The summed E-state index contributed by atoms with van der Waals surface area (Å²) in [4.78, 5) is 28.0. The van der Waals surface area contributed by atoms with E-state index in [1.807, 2.05) is 42.5 Å². The smallest absolute Gasteiger partial charge is 0.255 e. The summed E-state index contributed by atoms with van der Waals surface area (Å²) in [5.74, 6) is 1.45. The van der Waals surface area contributed by atoms with E-state index in [-0.39, 0.29) is 18.2 Å². The molecule has 1 heterocycles. The summed E-state index contributed by atoms with van der Waals surface area (Å²) in [5.41, 5.74) is 3.02. The SMILES string of the molecule is COc1cccc(NC(=O)C[C@H](c2ccc(OC)c(OC)c2)N2Cc3ccccc3C2=O)c1. The Kier molecular flexibility index (Phi) is 6.49. The molecule has 1 N–H and O–H groups in total. The van der Waals surface area contributed by atoms with Gasteiger partial charge in [0, 0.05) is 23.9 Å². The Morgan fingerprint density at radius 1 is 0.939 bits per heavy atom. The number of ether oxygens (including phenoxy) is 3. The maximum absolute atomic E-state index is 13.2. The Bertz CT molecular complexity index is 1180. The lowest BCUT2D eigenvalue weighted by atomic mass is 10.0. The van der Waals surface area contributed by atoms with E-state index >= 15 is 0 Å². The third-order valence-corrected chi connectivity index (χ3v) is 5.75. The Hall–Kier alpha value is -4.00. The van der Waals surface area contributed by atoms with Gasteiger partial charge in [-0.3, -0.25) is 9.59 Å². The highest BCUT2D eigenvalue weighted by Crippen LogP contribution is 2.37. The van der Waals surface area contributed by atoms with Crippen LogP contribution in [-0.2, 0) is 11.3 Å². The quantitative estimate of drug-likeness (QED) is 0.554. The lowest BCUT2D eigenvalue weighted by Gasteiger charge is -2.28. The summed E-state index contributed by atoms with van der Waals surface area (Å²) in [7, 11) is 4.70. The Morgan fingerprint density at radius 2 is 1.73 bits per heavy atom. The lowest BCUT2D eigenvalue weighted by Crippen LogP contribution is -2.32. The zero-order chi connectivity index (χ0) is 23.4. The number of anilines is 1. The number of nitrogens with zero attached hydrogens (tertiary/aromatic N) is 1. The zero-order valence-electron chi connectivity index (χ0n) is 18.8. The molecule has 33 heavy (non-hydrogen) atoms. The fourth-order valence-electron chi connectivity index (χ4n) is 4.09. The minimum absolute atomic E-state index is 0.0758. The first kappa shape index (κ1) is 22.2. The Balaban J connectivity index is 1.64. The van der Waals surface area contributed by atoms with Gasteiger partial charge in [0.2, 0.25) is 5.91 Å². The number of benzene rings is 3. The van der Waals surface area contributed by atoms with E-state index in [0.29, 0.717) is 35.0 Å². The normalized spacial score (nSPS) is 13.3. The van der Waals surface area contributed by atoms with E-state index in [1.54, 1.807) is 50.5 Å². The van der Waals surface area contributed by atoms with Crippen molar-refractivity contribution in [2.24, 2.45) is 0 Å². The van der Waals surface area contributed by atoms with Crippen molar-refractivity contribution in [3.63, 3.8) is 0 Å². The molecule has 1 atom stereocenters. The van der Waals surface area contributed by atoms with E-state index in [4.69, 9.17) is 14.2 Å². The molecule has 0 bridgehead atoms. The predicted octanol–water partition coefficient (Wildman–Crippen LogP) is 4.44. The number of methoxy groups -OCH3 is 3. The molecule has 0 unspecified atom stereocenters. The van der Waals surface area contributed by atoms with E-state index in [2.05, 4.69) is 5.32 Å². The van der Waals surface area contributed by atoms with Crippen LogP contribution in [0.3, 0.4) is 0 Å². The van der Waals surface area contributed by atoms with Crippen LogP contribution < -0.4 is 19.5 Å². The molecule has 3 aromatic carbocycles. The molecule has 2 amide bonds. The van der Waals surface area contributed by atoms with Crippen LogP contribution in [0, 0.1) is 0 Å². The molecule has 1 aliphatic rings. The van der Waals surface area contributed by atoms with Gasteiger partial charge in [0.15, 0.2) is 11.5 Å². The topological polar surface area (TPSA) is 77.1 Å². The van der Waals surface area contributed by atoms with Crippen LogP contribution >= 0.6 is 0 Å². The molecule has 7 nitrogen and oxygen atoms in total. The van der Waals surface area contributed by atoms with Crippen LogP contribution in [0.1, 0.15) is 33.9 Å². The lowest BCUT2D eigenvalue weighted by molar-refractivity contribution is -0.117. The molecule has 0 radical (unpaired) electrons. The van der Waals surface area contributed by atoms with Crippen molar-refractivity contribution in [2.45, 2.75) is 19.0 Å².